The number of amides is 2. The molecule has 2 amide bonds. The van der Waals surface area contributed by atoms with E-state index in [0.717, 1.165) is 29.7 Å². The van der Waals surface area contributed by atoms with Gasteiger partial charge in [-0.05, 0) is 37.0 Å². The Morgan fingerprint density at radius 1 is 1.41 bits per heavy atom. The van der Waals surface area contributed by atoms with Crippen LogP contribution < -0.4 is 5.32 Å². The molecule has 4 rings (SSSR count). The fourth-order valence-electron chi connectivity index (χ4n) is 3.70. The van der Waals surface area contributed by atoms with E-state index in [-0.39, 0.29) is 18.9 Å². The third kappa shape index (κ3) is 4.03. The van der Waals surface area contributed by atoms with Crippen molar-refractivity contribution in [2.24, 2.45) is 5.92 Å². The van der Waals surface area contributed by atoms with Crippen molar-refractivity contribution in [3.05, 3.63) is 40.2 Å². The summed E-state index contributed by atoms with van der Waals surface area (Å²) in [6, 6.07) is 5.66. The quantitative estimate of drug-likeness (QED) is 0.727. The second-order valence-corrected chi connectivity index (χ2v) is 8.19. The van der Waals surface area contributed by atoms with E-state index in [2.05, 4.69) is 11.4 Å². The van der Waals surface area contributed by atoms with Crippen LogP contribution in [-0.4, -0.2) is 35.8 Å². The number of esters is 1. The van der Waals surface area contributed by atoms with Crippen molar-refractivity contribution >= 4 is 34.1 Å². The van der Waals surface area contributed by atoms with Crippen molar-refractivity contribution in [2.45, 2.75) is 32.2 Å². The Balaban J connectivity index is 1.28. The van der Waals surface area contributed by atoms with E-state index in [4.69, 9.17) is 9.15 Å². The number of nitrogens with one attached hydrogen (secondary N) is 1. The molecule has 1 saturated heterocycles. The topological polar surface area (TPSA) is 113 Å². The molecule has 150 valence electrons. The summed E-state index contributed by atoms with van der Waals surface area (Å²) in [4.78, 5) is 39.2. The van der Waals surface area contributed by atoms with Crippen molar-refractivity contribution in [2.75, 3.05) is 18.5 Å². The number of likely N-dealkylation sites (tertiary alicyclic amines) is 1. The summed E-state index contributed by atoms with van der Waals surface area (Å²) in [5, 5.41) is 12.6. The van der Waals surface area contributed by atoms with Crippen LogP contribution in [0, 0.1) is 17.2 Å². The molecule has 1 N–H and O–H groups in total. The van der Waals surface area contributed by atoms with Gasteiger partial charge in [-0.25, -0.2) is 0 Å². The molecule has 0 saturated carbocycles. The van der Waals surface area contributed by atoms with E-state index in [9.17, 15) is 19.6 Å². The zero-order valence-electron chi connectivity index (χ0n) is 15.6. The molecule has 0 aromatic carbocycles. The number of ether oxygens (including phenoxy) is 1. The van der Waals surface area contributed by atoms with Crippen LogP contribution in [0.1, 0.15) is 34.6 Å². The number of hydrogen-bond donors (Lipinski definition) is 1. The van der Waals surface area contributed by atoms with Gasteiger partial charge in [-0.3, -0.25) is 14.4 Å². The Morgan fingerprint density at radius 3 is 3.03 bits per heavy atom. The first-order valence-corrected chi connectivity index (χ1v) is 10.2. The average Bonchev–Trinajstić information content (AvgIpc) is 3.46. The number of rotatable bonds is 6. The molecule has 1 fully saturated rings. The van der Waals surface area contributed by atoms with Crippen molar-refractivity contribution in [3.63, 3.8) is 0 Å². The number of thiophene rings is 1. The van der Waals surface area contributed by atoms with Gasteiger partial charge in [0.25, 0.3) is 5.91 Å². The number of anilines is 1. The van der Waals surface area contributed by atoms with E-state index in [1.807, 2.05) is 0 Å². The minimum absolute atomic E-state index is 0.0530. The lowest BCUT2D eigenvalue weighted by Gasteiger charge is -2.14. The third-order valence-corrected chi connectivity index (χ3v) is 6.31. The zero-order valence-corrected chi connectivity index (χ0v) is 16.4. The molecule has 1 atom stereocenters. The second-order valence-electron chi connectivity index (χ2n) is 7.08. The van der Waals surface area contributed by atoms with Gasteiger partial charge in [0, 0.05) is 17.8 Å². The number of fused-ring (bicyclic) bond motifs is 1. The lowest BCUT2D eigenvalue weighted by Crippen LogP contribution is -2.28. The van der Waals surface area contributed by atoms with Gasteiger partial charge in [-0.1, -0.05) is 0 Å². The summed E-state index contributed by atoms with van der Waals surface area (Å²) >= 11 is 1.41. The van der Waals surface area contributed by atoms with Gasteiger partial charge in [0.05, 0.1) is 24.3 Å². The molecule has 0 bridgehead atoms. The van der Waals surface area contributed by atoms with Crippen molar-refractivity contribution in [1.82, 2.24) is 4.90 Å². The lowest BCUT2D eigenvalue weighted by atomic mass is 10.1. The maximum Gasteiger partial charge on any atom is 0.311 e. The van der Waals surface area contributed by atoms with Gasteiger partial charge in [-0.2, -0.15) is 5.26 Å². The predicted octanol–water partition coefficient (Wildman–Crippen LogP) is 2.23. The fraction of sp³-hybridized carbons (Fsp3) is 0.400. The lowest BCUT2D eigenvalue weighted by molar-refractivity contribution is -0.151. The number of carbonyl (C=O) groups is 3. The average molecular weight is 413 g/mol. The molecule has 29 heavy (non-hydrogen) atoms. The molecule has 1 aliphatic heterocycles. The second kappa shape index (κ2) is 8.09. The highest BCUT2D eigenvalue weighted by Gasteiger charge is 2.36. The Morgan fingerprint density at radius 2 is 2.28 bits per heavy atom. The Hall–Kier alpha value is -3.12. The van der Waals surface area contributed by atoms with Gasteiger partial charge in [0.2, 0.25) is 5.91 Å². The molecule has 9 heteroatoms. The Labute approximate surface area is 171 Å². The summed E-state index contributed by atoms with van der Waals surface area (Å²) < 4.78 is 10.3. The maximum absolute atomic E-state index is 12.3. The smallest absolute Gasteiger partial charge is 0.311 e. The normalized spacial score (nSPS) is 17.8. The summed E-state index contributed by atoms with van der Waals surface area (Å²) in [6.45, 7) is 0.0848. The number of nitrogens with zero attached hydrogens (tertiary/aromatic N) is 2. The van der Waals surface area contributed by atoms with Crippen LogP contribution >= 0.6 is 11.3 Å². The third-order valence-electron chi connectivity index (χ3n) is 5.11. The van der Waals surface area contributed by atoms with Crippen LogP contribution in [-0.2, 0) is 38.5 Å². The van der Waals surface area contributed by atoms with Gasteiger partial charge in [-0.15, -0.1) is 11.3 Å². The Kier molecular flexibility index (Phi) is 5.36. The summed E-state index contributed by atoms with van der Waals surface area (Å²) in [7, 11) is 0. The van der Waals surface area contributed by atoms with Gasteiger partial charge in [0.15, 0.2) is 6.61 Å². The van der Waals surface area contributed by atoms with Crippen LogP contribution in [0.25, 0.3) is 0 Å². The fourth-order valence-corrected chi connectivity index (χ4v) is 4.96. The summed E-state index contributed by atoms with van der Waals surface area (Å²) in [5.74, 6) is -1.19. The number of aryl methyl sites for hydroxylation is 1. The molecular weight excluding hydrogens is 394 g/mol. The van der Waals surface area contributed by atoms with E-state index in [1.54, 1.807) is 12.1 Å². The molecule has 0 radical (unpaired) electrons. The Bertz CT molecular complexity index is 989. The number of furan rings is 1. The minimum atomic E-state index is -0.606. The maximum atomic E-state index is 12.3. The summed E-state index contributed by atoms with van der Waals surface area (Å²) in [6.07, 6.45) is 4.38. The zero-order chi connectivity index (χ0) is 20.4. The minimum Gasteiger partial charge on any atom is -0.467 e. The monoisotopic (exact) mass is 413 g/mol. The standard InChI is InChI=1S/C20H19N3O5S/c21-8-15-14-4-1-5-16(14)29-19(15)22-17(24)11-28-20(26)12-7-18(25)23(9-12)10-13-3-2-6-27-13/h2-3,6,12H,1,4-5,7,9-11H2,(H,22,24)/t12-/m0/s1. The van der Waals surface area contributed by atoms with E-state index < -0.39 is 24.4 Å². The molecule has 0 unspecified atom stereocenters. The van der Waals surface area contributed by atoms with Crippen molar-refractivity contribution in [1.29, 1.82) is 5.26 Å². The largest absolute Gasteiger partial charge is 0.467 e. The molecule has 0 spiro atoms. The first-order chi connectivity index (χ1) is 14.0. The highest BCUT2D eigenvalue weighted by molar-refractivity contribution is 7.16. The molecule has 2 aliphatic rings. The number of carbonyl (C=O) groups excluding carboxylic acids is 3. The molecule has 8 nitrogen and oxygen atoms in total. The van der Waals surface area contributed by atoms with Crippen molar-refractivity contribution in [3.8, 4) is 6.07 Å². The van der Waals surface area contributed by atoms with Crippen molar-refractivity contribution < 1.29 is 23.5 Å². The summed E-state index contributed by atoms with van der Waals surface area (Å²) in [5.41, 5.74) is 1.53. The van der Waals surface area contributed by atoms with Gasteiger partial charge >= 0.3 is 5.97 Å². The highest BCUT2D eigenvalue weighted by Crippen LogP contribution is 2.38. The van der Waals surface area contributed by atoms with Crippen LogP contribution in [0.15, 0.2) is 22.8 Å². The van der Waals surface area contributed by atoms with E-state index >= 15 is 0 Å². The molecule has 2 aromatic heterocycles. The molecule has 3 heterocycles. The van der Waals surface area contributed by atoms with Crippen LogP contribution in [0.2, 0.25) is 0 Å². The molecular formula is C20H19N3O5S. The SMILES string of the molecule is N#Cc1c(NC(=O)COC(=O)[C@H]2CC(=O)N(Cc3ccco3)C2)sc2c1CCC2. The number of nitriles is 1. The molecule has 1 aliphatic carbocycles. The van der Waals surface area contributed by atoms with Gasteiger partial charge < -0.3 is 19.4 Å². The predicted molar refractivity (Wildman–Crippen MR) is 103 cm³/mol. The number of hydrogen-bond acceptors (Lipinski definition) is 7. The molecule has 2 aromatic rings. The van der Waals surface area contributed by atoms with Crippen LogP contribution in [0.5, 0.6) is 0 Å². The van der Waals surface area contributed by atoms with E-state index in [0.29, 0.717) is 22.9 Å². The van der Waals surface area contributed by atoms with Gasteiger partial charge in [0.1, 0.15) is 16.8 Å². The first-order valence-electron chi connectivity index (χ1n) is 9.36. The first kappa shape index (κ1) is 19.2. The van der Waals surface area contributed by atoms with E-state index in [1.165, 1.54) is 22.5 Å². The highest BCUT2D eigenvalue weighted by atomic mass is 32.1. The van der Waals surface area contributed by atoms with Crippen LogP contribution in [0.4, 0.5) is 5.00 Å². The van der Waals surface area contributed by atoms with Crippen LogP contribution in [0.3, 0.4) is 0 Å².